The van der Waals surface area contributed by atoms with E-state index >= 15 is 0 Å². The molecule has 0 N–H and O–H groups in total. The van der Waals surface area contributed by atoms with Crippen molar-refractivity contribution in [3.8, 4) is 11.1 Å². The number of carbonyl (C=O) groups excluding carboxylic acids is 3. The van der Waals surface area contributed by atoms with Gasteiger partial charge in [-0.2, -0.15) is 0 Å². The van der Waals surface area contributed by atoms with Crippen molar-refractivity contribution in [3.63, 3.8) is 0 Å². The zero-order valence-corrected chi connectivity index (χ0v) is 16.2. The summed E-state index contributed by atoms with van der Waals surface area (Å²) in [4.78, 5) is 40.2. The Morgan fingerprint density at radius 3 is 2.25 bits per heavy atom. The first kappa shape index (κ1) is 18.5. The van der Waals surface area contributed by atoms with Gasteiger partial charge in [-0.05, 0) is 47.4 Å². The van der Waals surface area contributed by atoms with Crippen LogP contribution in [0.3, 0.4) is 0 Å². The second-order valence-corrected chi connectivity index (χ2v) is 7.84. The Kier molecular flexibility index (Phi) is 5.30. The molecule has 2 saturated heterocycles. The van der Waals surface area contributed by atoms with Crippen LogP contribution in [-0.4, -0.2) is 46.5 Å². The highest BCUT2D eigenvalue weighted by atomic mass is 32.2. The number of likely N-dealkylation sites (tertiary alicyclic amines) is 1. The second-order valence-electron chi connectivity index (χ2n) is 6.84. The minimum absolute atomic E-state index is 0.159. The molecule has 0 unspecified atom stereocenters. The molecule has 2 aliphatic rings. The van der Waals surface area contributed by atoms with Gasteiger partial charge in [-0.1, -0.05) is 54.6 Å². The Hall–Kier alpha value is -2.86. The third-order valence-corrected chi connectivity index (χ3v) is 5.85. The molecule has 0 radical (unpaired) electrons. The van der Waals surface area contributed by atoms with Gasteiger partial charge in [-0.25, -0.2) is 0 Å². The highest BCUT2D eigenvalue weighted by Crippen LogP contribution is 2.32. The minimum Gasteiger partial charge on any atom is -0.341 e. The van der Waals surface area contributed by atoms with Crippen molar-refractivity contribution in [3.05, 3.63) is 65.1 Å². The van der Waals surface area contributed by atoms with Crippen LogP contribution in [0, 0.1) is 0 Å². The smallest absolute Gasteiger partial charge is 0.294 e. The molecule has 2 fully saturated rings. The summed E-state index contributed by atoms with van der Waals surface area (Å²) in [5.41, 5.74) is 3.05. The fraction of sp³-hybridized carbons (Fsp3) is 0.227. The predicted molar refractivity (Wildman–Crippen MR) is 110 cm³/mol. The number of benzene rings is 2. The van der Waals surface area contributed by atoms with E-state index < -0.39 is 5.91 Å². The van der Waals surface area contributed by atoms with E-state index in [0.717, 1.165) is 46.2 Å². The molecule has 4 rings (SSSR count). The van der Waals surface area contributed by atoms with Crippen molar-refractivity contribution < 1.29 is 14.4 Å². The van der Waals surface area contributed by atoms with Crippen molar-refractivity contribution in [2.24, 2.45) is 0 Å². The van der Waals surface area contributed by atoms with Gasteiger partial charge in [0.05, 0.1) is 4.91 Å². The molecule has 2 heterocycles. The number of hydrogen-bond acceptors (Lipinski definition) is 4. The van der Waals surface area contributed by atoms with Crippen LogP contribution in [0.2, 0.25) is 0 Å². The monoisotopic (exact) mass is 392 g/mol. The lowest BCUT2D eigenvalue weighted by Gasteiger charge is -2.18. The summed E-state index contributed by atoms with van der Waals surface area (Å²) in [5.74, 6) is -0.553. The van der Waals surface area contributed by atoms with Crippen LogP contribution in [0.1, 0.15) is 18.4 Å². The topological polar surface area (TPSA) is 57.7 Å². The van der Waals surface area contributed by atoms with Crippen molar-refractivity contribution in [1.29, 1.82) is 0 Å². The van der Waals surface area contributed by atoms with E-state index in [1.807, 2.05) is 54.6 Å². The first-order valence-corrected chi connectivity index (χ1v) is 10.1. The van der Waals surface area contributed by atoms with Crippen LogP contribution in [-0.2, 0) is 9.59 Å². The number of imide groups is 1. The molecule has 0 aliphatic carbocycles. The third kappa shape index (κ3) is 3.87. The Morgan fingerprint density at radius 2 is 1.57 bits per heavy atom. The van der Waals surface area contributed by atoms with Crippen LogP contribution in [0.4, 0.5) is 4.79 Å². The molecule has 3 amide bonds. The Balaban J connectivity index is 1.47. The number of carbonyl (C=O) groups is 3. The predicted octanol–water partition coefficient (Wildman–Crippen LogP) is 4.01. The van der Waals surface area contributed by atoms with E-state index in [9.17, 15) is 14.4 Å². The Morgan fingerprint density at radius 1 is 0.929 bits per heavy atom. The summed E-state index contributed by atoms with van der Waals surface area (Å²) in [7, 11) is 0. The molecular formula is C22H20N2O3S. The fourth-order valence-corrected chi connectivity index (χ4v) is 4.23. The summed E-state index contributed by atoms with van der Waals surface area (Å²) < 4.78 is 0. The molecule has 2 aliphatic heterocycles. The average Bonchev–Trinajstić information content (AvgIpc) is 3.34. The molecule has 142 valence electrons. The second kappa shape index (κ2) is 8.02. The normalized spacial score (nSPS) is 18.4. The highest BCUT2D eigenvalue weighted by Gasteiger charge is 2.37. The maximum absolute atomic E-state index is 12.6. The lowest BCUT2D eigenvalue weighted by Crippen LogP contribution is -2.40. The van der Waals surface area contributed by atoms with Gasteiger partial charge in [0.2, 0.25) is 5.91 Å². The Bertz CT molecular complexity index is 932. The molecule has 0 spiro atoms. The minimum atomic E-state index is -0.394. The summed E-state index contributed by atoms with van der Waals surface area (Å²) >= 11 is 0.890. The lowest BCUT2D eigenvalue weighted by atomic mass is 10.0. The number of hydrogen-bond donors (Lipinski definition) is 0. The number of nitrogens with zero attached hydrogens (tertiary/aromatic N) is 2. The van der Waals surface area contributed by atoms with E-state index in [1.165, 1.54) is 0 Å². The quantitative estimate of drug-likeness (QED) is 0.738. The van der Waals surface area contributed by atoms with Crippen LogP contribution in [0.5, 0.6) is 0 Å². The SMILES string of the molecule is O=C(CN1C(=O)S/C(=C/c2ccc(-c3ccccc3)cc2)C1=O)N1CCCC1. The van der Waals surface area contributed by atoms with Crippen molar-refractivity contribution >= 4 is 34.9 Å². The zero-order chi connectivity index (χ0) is 19.5. The summed E-state index contributed by atoms with van der Waals surface area (Å²) in [6.07, 6.45) is 3.67. The molecule has 28 heavy (non-hydrogen) atoms. The van der Waals surface area contributed by atoms with Crippen LogP contribution < -0.4 is 0 Å². The van der Waals surface area contributed by atoms with E-state index in [1.54, 1.807) is 11.0 Å². The summed E-state index contributed by atoms with van der Waals surface area (Å²) in [6.45, 7) is 1.24. The molecule has 2 aromatic rings. The fourth-order valence-electron chi connectivity index (χ4n) is 3.39. The first-order chi connectivity index (χ1) is 13.6. The lowest BCUT2D eigenvalue weighted by molar-refractivity contribution is -0.135. The van der Waals surface area contributed by atoms with Gasteiger partial charge >= 0.3 is 0 Å². The molecule has 0 atom stereocenters. The number of rotatable bonds is 4. The standard InChI is InChI=1S/C22H20N2O3S/c25-20(23-12-4-5-13-23)15-24-21(26)19(28-22(24)27)14-16-8-10-18(11-9-16)17-6-2-1-3-7-17/h1-3,6-11,14H,4-5,12-13,15H2/b19-14+. The first-order valence-electron chi connectivity index (χ1n) is 9.30. The molecule has 2 aromatic carbocycles. The van der Waals surface area contributed by atoms with Gasteiger partial charge in [0.15, 0.2) is 0 Å². The van der Waals surface area contributed by atoms with E-state index in [0.29, 0.717) is 18.0 Å². The number of amides is 3. The summed E-state index contributed by atoms with van der Waals surface area (Å²) in [5, 5.41) is -0.385. The molecule has 0 aromatic heterocycles. The van der Waals surface area contributed by atoms with Crippen LogP contribution in [0.15, 0.2) is 59.5 Å². The Labute approximate surface area is 168 Å². The van der Waals surface area contributed by atoms with Gasteiger partial charge in [0, 0.05) is 13.1 Å². The molecule has 6 heteroatoms. The molecule has 0 bridgehead atoms. The van der Waals surface area contributed by atoms with Gasteiger partial charge in [-0.15, -0.1) is 0 Å². The highest BCUT2D eigenvalue weighted by molar-refractivity contribution is 8.18. The zero-order valence-electron chi connectivity index (χ0n) is 15.3. The maximum atomic E-state index is 12.6. The third-order valence-electron chi connectivity index (χ3n) is 4.94. The molecule has 5 nitrogen and oxygen atoms in total. The van der Waals surface area contributed by atoms with Crippen molar-refractivity contribution in [2.45, 2.75) is 12.8 Å². The van der Waals surface area contributed by atoms with Crippen LogP contribution >= 0.6 is 11.8 Å². The van der Waals surface area contributed by atoms with E-state index in [4.69, 9.17) is 0 Å². The van der Waals surface area contributed by atoms with Crippen molar-refractivity contribution in [1.82, 2.24) is 9.80 Å². The van der Waals surface area contributed by atoms with Gasteiger partial charge in [-0.3, -0.25) is 19.3 Å². The van der Waals surface area contributed by atoms with E-state index in [-0.39, 0.29) is 17.7 Å². The van der Waals surface area contributed by atoms with Gasteiger partial charge < -0.3 is 4.90 Å². The molecule has 0 saturated carbocycles. The molecular weight excluding hydrogens is 372 g/mol. The van der Waals surface area contributed by atoms with Gasteiger partial charge in [0.1, 0.15) is 6.54 Å². The summed E-state index contributed by atoms with van der Waals surface area (Å²) in [6, 6.07) is 17.9. The maximum Gasteiger partial charge on any atom is 0.294 e. The van der Waals surface area contributed by atoms with Crippen molar-refractivity contribution in [2.75, 3.05) is 19.6 Å². The largest absolute Gasteiger partial charge is 0.341 e. The van der Waals surface area contributed by atoms with E-state index in [2.05, 4.69) is 0 Å². The van der Waals surface area contributed by atoms with Crippen LogP contribution in [0.25, 0.3) is 17.2 Å². The van der Waals surface area contributed by atoms with Gasteiger partial charge in [0.25, 0.3) is 11.1 Å². The average molecular weight is 392 g/mol. The number of thioether (sulfide) groups is 1.